The largest absolute Gasteiger partial charge is 0.496 e. The van der Waals surface area contributed by atoms with Crippen LogP contribution >= 0.6 is 0 Å². The summed E-state index contributed by atoms with van der Waals surface area (Å²) in [4.78, 5) is 6.66. The van der Waals surface area contributed by atoms with Gasteiger partial charge < -0.3 is 14.8 Å². The number of hydrogen-bond donors (Lipinski definition) is 2. The summed E-state index contributed by atoms with van der Waals surface area (Å²) in [6, 6.07) is 7.15. The van der Waals surface area contributed by atoms with E-state index in [0.717, 1.165) is 24.3 Å². The third-order valence-electron chi connectivity index (χ3n) is 5.11. The van der Waals surface area contributed by atoms with Crippen LogP contribution in [0.5, 0.6) is 5.75 Å². The number of methoxy groups -OCH3 is 1. The molecule has 2 N–H and O–H groups in total. The van der Waals surface area contributed by atoms with Crippen LogP contribution in [-0.4, -0.2) is 34.0 Å². The van der Waals surface area contributed by atoms with Gasteiger partial charge in [0.1, 0.15) is 23.2 Å². The molecule has 0 radical (unpaired) electrons. The van der Waals surface area contributed by atoms with Crippen molar-refractivity contribution in [3.8, 4) is 5.75 Å². The highest BCUT2D eigenvalue weighted by Gasteiger charge is 2.56. The van der Waals surface area contributed by atoms with E-state index in [4.69, 9.17) is 4.74 Å². The summed E-state index contributed by atoms with van der Waals surface area (Å²) in [6.07, 6.45) is -6.67. The topological polar surface area (TPSA) is 58.1 Å². The van der Waals surface area contributed by atoms with Crippen molar-refractivity contribution in [1.82, 2.24) is 9.97 Å². The summed E-state index contributed by atoms with van der Waals surface area (Å²) in [5, 5.41) is 10.7. The Morgan fingerprint density at radius 3 is 2.30 bits per heavy atom. The first-order valence-corrected chi connectivity index (χ1v) is 9.12. The molecule has 0 aliphatic heterocycles. The molecule has 3 rings (SSSR count). The lowest BCUT2D eigenvalue weighted by molar-refractivity contribution is -0.266. The molecule has 9 heteroatoms. The van der Waals surface area contributed by atoms with Crippen molar-refractivity contribution in [2.24, 2.45) is 0 Å². The van der Waals surface area contributed by atoms with Crippen LogP contribution in [0.4, 0.5) is 22.0 Å². The maximum Gasteiger partial charge on any atom is 0.417 e. The number of ether oxygens (including phenoxy) is 1. The van der Waals surface area contributed by atoms with Crippen molar-refractivity contribution >= 4 is 11.0 Å². The number of fused-ring (bicyclic) bond motifs is 1. The Morgan fingerprint density at radius 1 is 1.03 bits per heavy atom. The van der Waals surface area contributed by atoms with Gasteiger partial charge in [-0.25, -0.2) is 13.8 Å². The van der Waals surface area contributed by atoms with Crippen LogP contribution in [0.1, 0.15) is 31.7 Å². The van der Waals surface area contributed by atoms with Gasteiger partial charge in [0.05, 0.1) is 18.1 Å². The number of aromatic nitrogens is 2. The summed E-state index contributed by atoms with van der Waals surface area (Å²) >= 11 is 0. The average molecular weight is 428 g/mol. The second-order valence-corrected chi connectivity index (χ2v) is 7.96. The fourth-order valence-corrected chi connectivity index (χ4v) is 3.69. The number of aromatic amines is 1. The van der Waals surface area contributed by atoms with E-state index in [-0.39, 0.29) is 28.2 Å². The molecule has 1 heterocycles. The number of nitrogens with one attached hydrogen (secondary N) is 1. The third-order valence-corrected chi connectivity index (χ3v) is 5.11. The molecule has 0 amide bonds. The maximum atomic E-state index is 14.0. The van der Waals surface area contributed by atoms with Crippen molar-refractivity contribution in [1.29, 1.82) is 0 Å². The molecular formula is C21H21F5N2O2. The van der Waals surface area contributed by atoms with Crippen LogP contribution < -0.4 is 4.74 Å². The minimum Gasteiger partial charge on any atom is -0.496 e. The Hall–Kier alpha value is -2.68. The second kappa shape index (κ2) is 7.54. The standard InChI is InChI=1S/C21H21F5N2O2/c1-19(2,14-8-12(22)5-7-17(14)30-3)11-20(29,21(24,25)26)10-18-27-15-6-4-13(23)9-16(15)28-18/h4-9,29H,10-11H2,1-3H3,(H,27,28). The fraction of sp³-hybridized carbons (Fsp3) is 0.381. The van der Waals surface area contributed by atoms with E-state index in [1.165, 1.54) is 33.1 Å². The van der Waals surface area contributed by atoms with Crippen LogP contribution in [0.15, 0.2) is 36.4 Å². The van der Waals surface area contributed by atoms with Crippen LogP contribution in [0, 0.1) is 11.6 Å². The molecule has 0 aliphatic rings. The van der Waals surface area contributed by atoms with Crippen LogP contribution in [0.25, 0.3) is 11.0 Å². The van der Waals surface area contributed by atoms with Gasteiger partial charge >= 0.3 is 6.18 Å². The first-order valence-electron chi connectivity index (χ1n) is 9.12. The van der Waals surface area contributed by atoms with Crippen LogP contribution in [-0.2, 0) is 11.8 Å². The number of aliphatic hydroxyl groups is 1. The predicted molar refractivity (Wildman–Crippen MR) is 101 cm³/mol. The molecule has 1 atom stereocenters. The quantitative estimate of drug-likeness (QED) is 0.540. The van der Waals surface area contributed by atoms with Gasteiger partial charge in [-0.3, -0.25) is 0 Å². The molecule has 1 unspecified atom stereocenters. The van der Waals surface area contributed by atoms with Crippen molar-refractivity contribution in [3.05, 3.63) is 59.4 Å². The molecular weight excluding hydrogens is 407 g/mol. The highest BCUT2D eigenvalue weighted by molar-refractivity contribution is 5.74. The number of H-pyrrole nitrogens is 1. The van der Waals surface area contributed by atoms with Gasteiger partial charge in [-0.05, 0) is 48.2 Å². The average Bonchev–Trinajstić information content (AvgIpc) is 3.01. The van der Waals surface area contributed by atoms with E-state index >= 15 is 0 Å². The fourth-order valence-electron chi connectivity index (χ4n) is 3.69. The van der Waals surface area contributed by atoms with E-state index in [1.807, 2.05) is 0 Å². The second-order valence-electron chi connectivity index (χ2n) is 7.96. The molecule has 3 aromatic rings. The van der Waals surface area contributed by atoms with Gasteiger partial charge in [-0.15, -0.1) is 0 Å². The van der Waals surface area contributed by atoms with Crippen molar-refractivity contribution in [3.63, 3.8) is 0 Å². The Bertz CT molecular complexity index is 1060. The van der Waals surface area contributed by atoms with Gasteiger partial charge in [0.2, 0.25) is 0 Å². The molecule has 0 aliphatic carbocycles. The number of nitrogens with zero attached hydrogens (tertiary/aromatic N) is 1. The van der Waals surface area contributed by atoms with Crippen molar-refractivity contribution in [2.75, 3.05) is 7.11 Å². The highest BCUT2D eigenvalue weighted by Crippen LogP contribution is 2.45. The smallest absolute Gasteiger partial charge is 0.417 e. The zero-order valence-electron chi connectivity index (χ0n) is 16.6. The van der Waals surface area contributed by atoms with Gasteiger partial charge in [0.15, 0.2) is 5.60 Å². The monoisotopic (exact) mass is 428 g/mol. The molecule has 30 heavy (non-hydrogen) atoms. The molecule has 0 spiro atoms. The Kier molecular flexibility index (Phi) is 5.53. The van der Waals surface area contributed by atoms with Gasteiger partial charge in [-0.1, -0.05) is 13.8 Å². The van der Waals surface area contributed by atoms with Gasteiger partial charge in [0.25, 0.3) is 0 Å². The first kappa shape index (κ1) is 22.0. The predicted octanol–water partition coefficient (Wildman–Crippen LogP) is 5.05. The zero-order valence-corrected chi connectivity index (χ0v) is 16.6. The first-order chi connectivity index (χ1) is 13.8. The summed E-state index contributed by atoms with van der Waals surface area (Å²) in [5.41, 5.74) is -3.79. The number of hydrogen-bond acceptors (Lipinski definition) is 3. The Balaban J connectivity index is 1.99. The van der Waals surface area contributed by atoms with E-state index in [1.54, 1.807) is 0 Å². The molecule has 1 aromatic heterocycles. The van der Waals surface area contributed by atoms with Gasteiger partial charge in [0, 0.05) is 12.0 Å². The SMILES string of the molecule is COc1ccc(F)cc1C(C)(C)CC(O)(Cc1nc2ccc(F)cc2[nH]1)C(F)(F)F. The molecule has 0 bridgehead atoms. The van der Waals surface area contributed by atoms with E-state index in [0.29, 0.717) is 0 Å². The minimum absolute atomic E-state index is 0.141. The molecule has 0 saturated carbocycles. The molecule has 0 fully saturated rings. The summed E-state index contributed by atoms with van der Waals surface area (Å²) in [7, 11) is 1.33. The number of alkyl halides is 3. The van der Waals surface area contributed by atoms with Gasteiger partial charge in [-0.2, -0.15) is 13.2 Å². The number of benzene rings is 2. The molecule has 4 nitrogen and oxygen atoms in total. The Morgan fingerprint density at radius 2 is 1.67 bits per heavy atom. The number of halogens is 5. The van der Waals surface area contributed by atoms with Crippen LogP contribution in [0.2, 0.25) is 0 Å². The molecule has 0 saturated heterocycles. The molecule has 2 aromatic carbocycles. The summed E-state index contributed by atoms with van der Waals surface area (Å²) < 4.78 is 74.2. The van der Waals surface area contributed by atoms with E-state index < -0.39 is 41.7 Å². The minimum atomic E-state index is -5.00. The lowest BCUT2D eigenvalue weighted by atomic mass is 9.73. The Labute approximate surface area is 169 Å². The third kappa shape index (κ3) is 4.26. The van der Waals surface area contributed by atoms with Crippen molar-refractivity contribution in [2.45, 2.75) is 43.9 Å². The lowest BCUT2D eigenvalue weighted by Gasteiger charge is -2.38. The van der Waals surface area contributed by atoms with Crippen LogP contribution in [0.3, 0.4) is 0 Å². The highest BCUT2D eigenvalue weighted by atomic mass is 19.4. The lowest BCUT2D eigenvalue weighted by Crippen LogP contribution is -2.51. The normalized spacial score (nSPS) is 14.7. The van der Waals surface area contributed by atoms with E-state index in [2.05, 4.69) is 9.97 Å². The zero-order chi connectivity index (χ0) is 22.3. The van der Waals surface area contributed by atoms with E-state index in [9.17, 15) is 27.1 Å². The summed E-state index contributed by atoms with van der Waals surface area (Å²) in [5.74, 6) is -1.13. The number of imidazole rings is 1. The maximum absolute atomic E-state index is 14.0. The van der Waals surface area contributed by atoms with Crippen molar-refractivity contribution < 1.29 is 31.8 Å². The molecule has 162 valence electrons. The summed E-state index contributed by atoms with van der Waals surface area (Å²) in [6.45, 7) is 2.93. The number of rotatable bonds is 6.